The van der Waals surface area contributed by atoms with Crippen LogP contribution in [0.25, 0.3) is 11.2 Å². The highest BCUT2D eigenvalue weighted by molar-refractivity contribution is 5.79. The van der Waals surface area contributed by atoms with Crippen LogP contribution in [-0.2, 0) is 6.54 Å². The Balaban J connectivity index is 1.62. The van der Waals surface area contributed by atoms with Crippen LogP contribution in [0.3, 0.4) is 0 Å². The molecule has 1 amide bonds. The van der Waals surface area contributed by atoms with Crippen LogP contribution >= 0.6 is 0 Å². The van der Waals surface area contributed by atoms with Crippen molar-refractivity contribution in [3.63, 3.8) is 0 Å². The Morgan fingerprint density at radius 1 is 1.26 bits per heavy atom. The summed E-state index contributed by atoms with van der Waals surface area (Å²) in [5, 5.41) is 9.13. The summed E-state index contributed by atoms with van der Waals surface area (Å²) >= 11 is 0. The van der Waals surface area contributed by atoms with Crippen LogP contribution in [0.15, 0.2) is 6.33 Å². The molecule has 0 saturated carbocycles. The van der Waals surface area contributed by atoms with Gasteiger partial charge in [-0.15, -0.1) is 0 Å². The molecule has 2 aromatic rings. The van der Waals surface area contributed by atoms with Gasteiger partial charge in [0.2, 0.25) is 11.8 Å². The minimum Gasteiger partial charge on any atom is -0.471 e. The molecule has 0 unspecified atom stereocenters. The van der Waals surface area contributed by atoms with Gasteiger partial charge in [-0.25, -0.2) is 14.8 Å². The summed E-state index contributed by atoms with van der Waals surface area (Å²) in [6, 6.07) is 0. The molecular formula is C18H26N6O3. The molecule has 9 nitrogen and oxygen atoms in total. The van der Waals surface area contributed by atoms with Gasteiger partial charge in [-0.1, -0.05) is 6.92 Å². The molecule has 9 heteroatoms. The zero-order valence-corrected chi connectivity index (χ0v) is 15.8. The van der Waals surface area contributed by atoms with Crippen LogP contribution in [0.5, 0.6) is 5.88 Å². The Bertz CT molecular complexity index is 830. The molecular weight excluding hydrogens is 348 g/mol. The average Bonchev–Trinajstić information content (AvgIpc) is 3.27. The van der Waals surface area contributed by atoms with Crippen LogP contribution in [-0.4, -0.2) is 67.9 Å². The van der Waals surface area contributed by atoms with Gasteiger partial charge < -0.3 is 19.6 Å². The maximum Gasteiger partial charge on any atom is 0.407 e. The topological polar surface area (TPSA) is 96.6 Å². The molecule has 1 N–H and O–H groups in total. The second-order valence-electron chi connectivity index (χ2n) is 7.43. The number of likely N-dealkylation sites (tertiary alicyclic amines) is 1. The van der Waals surface area contributed by atoms with E-state index in [0.29, 0.717) is 30.9 Å². The van der Waals surface area contributed by atoms with Crippen LogP contribution < -0.4 is 9.64 Å². The van der Waals surface area contributed by atoms with Gasteiger partial charge in [-0.3, -0.25) is 4.57 Å². The number of aryl methyl sites for hydroxylation is 1. The first-order valence-corrected chi connectivity index (χ1v) is 9.67. The number of piperidine rings is 1. The number of imidazole rings is 1. The first kappa shape index (κ1) is 17.8. The number of hydrogen-bond acceptors (Lipinski definition) is 6. The highest BCUT2D eigenvalue weighted by Gasteiger charge is 2.29. The Hall–Kier alpha value is -2.58. The van der Waals surface area contributed by atoms with Crippen LogP contribution in [0.4, 0.5) is 10.7 Å². The van der Waals surface area contributed by atoms with Gasteiger partial charge in [0.05, 0.1) is 6.54 Å². The number of ether oxygens (including phenoxy) is 1. The molecule has 2 aromatic heterocycles. The van der Waals surface area contributed by atoms with E-state index < -0.39 is 6.09 Å². The first-order chi connectivity index (χ1) is 13.1. The van der Waals surface area contributed by atoms with E-state index in [4.69, 9.17) is 14.8 Å². The van der Waals surface area contributed by atoms with Crippen molar-refractivity contribution in [1.82, 2.24) is 24.4 Å². The second kappa shape index (κ2) is 7.21. The fraction of sp³-hybridized carbons (Fsp3) is 0.667. The van der Waals surface area contributed by atoms with Gasteiger partial charge in [0.1, 0.15) is 12.4 Å². The Labute approximate surface area is 158 Å². The van der Waals surface area contributed by atoms with Crippen molar-refractivity contribution in [3.8, 4) is 5.88 Å². The summed E-state index contributed by atoms with van der Waals surface area (Å²) in [6.07, 6.45) is 3.36. The average molecular weight is 374 g/mol. The SMILES string of the molecule is CCn1c(N2CCC(C)CC2)nc2c(O[C@H]3CCN(C(=O)O)C3)ncnc21. The number of nitrogens with zero attached hydrogens (tertiary/aromatic N) is 6. The van der Waals surface area contributed by atoms with Crippen molar-refractivity contribution < 1.29 is 14.6 Å². The summed E-state index contributed by atoms with van der Waals surface area (Å²) in [4.78, 5) is 28.4. The minimum absolute atomic E-state index is 0.203. The van der Waals surface area contributed by atoms with E-state index in [-0.39, 0.29) is 6.10 Å². The van der Waals surface area contributed by atoms with Crippen LogP contribution in [0, 0.1) is 5.92 Å². The third-order valence-corrected chi connectivity index (χ3v) is 5.55. The highest BCUT2D eigenvalue weighted by atomic mass is 16.5. The zero-order chi connectivity index (χ0) is 19.0. The Morgan fingerprint density at radius 2 is 2.04 bits per heavy atom. The summed E-state index contributed by atoms with van der Waals surface area (Å²) in [6.45, 7) is 7.96. The number of amides is 1. The van der Waals surface area contributed by atoms with E-state index in [1.807, 2.05) is 0 Å². The van der Waals surface area contributed by atoms with Crippen LogP contribution in [0.2, 0.25) is 0 Å². The number of anilines is 1. The Morgan fingerprint density at radius 3 is 2.70 bits per heavy atom. The molecule has 0 aliphatic carbocycles. The second-order valence-corrected chi connectivity index (χ2v) is 7.43. The standard InChI is InChI=1S/C18H26N6O3/c1-3-24-15-14(21-17(24)22-7-4-12(2)5-8-22)16(20-11-19-15)27-13-6-9-23(10-13)18(25)26/h11-13H,3-10H2,1-2H3,(H,25,26)/t13-/m0/s1. The molecule has 146 valence electrons. The maximum atomic E-state index is 11.1. The third kappa shape index (κ3) is 3.38. The molecule has 0 aromatic carbocycles. The van der Waals surface area contributed by atoms with E-state index in [1.165, 1.54) is 11.2 Å². The van der Waals surface area contributed by atoms with Crippen molar-refractivity contribution in [1.29, 1.82) is 0 Å². The molecule has 0 bridgehead atoms. The molecule has 4 rings (SSSR count). The smallest absolute Gasteiger partial charge is 0.407 e. The molecule has 27 heavy (non-hydrogen) atoms. The van der Waals surface area contributed by atoms with Crippen molar-refractivity contribution in [2.45, 2.75) is 45.8 Å². The van der Waals surface area contributed by atoms with E-state index in [2.05, 4.69) is 33.3 Å². The third-order valence-electron chi connectivity index (χ3n) is 5.55. The van der Waals surface area contributed by atoms with Crippen molar-refractivity contribution in [2.75, 3.05) is 31.1 Å². The largest absolute Gasteiger partial charge is 0.471 e. The van der Waals surface area contributed by atoms with Gasteiger partial charge in [-0.05, 0) is 25.7 Å². The fourth-order valence-corrected chi connectivity index (χ4v) is 3.89. The van der Waals surface area contributed by atoms with Gasteiger partial charge in [0.15, 0.2) is 11.2 Å². The predicted octanol–water partition coefficient (Wildman–Crippen LogP) is 2.21. The van der Waals surface area contributed by atoms with Gasteiger partial charge >= 0.3 is 6.09 Å². The van der Waals surface area contributed by atoms with Crippen LogP contribution in [0.1, 0.15) is 33.1 Å². The van der Waals surface area contributed by atoms with E-state index >= 15 is 0 Å². The number of rotatable bonds is 4. The predicted molar refractivity (Wildman–Crippen MR) is 100 cm³/mol. The normalized spacial score (nSPS) is 21.2. The zero-order valence-electron chi connectivity index (χ0n) is 15.8. The summed E-state index contributed by atoms with van der Waals surface area (Å²) in [5.41, 5.74) is 1.42. The maximum absolute atomic E-state index is 11.1. The molecule has 1 atom stereocenters. The molecule has 4 heterocycles. The fourth-order valence-electron chi connectivity index (χ4n) is 3.89. The molecule has 2 fully saturated rings. The monoisotopic (exact) mass is 374 g/mol. The van der Waals surface area contributed by atoms with Gasteiger partial charge in [0.25, 0.3) is 0 Å². The van der Waals surface area contributed by atoms with Gasteiger partial charge in [-0.2, -0.15) is 4.98 Å². The lowest BCUT2D eigenvalue weighted by atomic mass is 10.00. The van der Waals surface area contributed by atoms with Gasteiger partial charge in [0, 0.05) is 32.6 Å². The van der Waals surface area contributed by atoms with Crippen molar-refractivity contribution in [3.05, 3.63) is 6.33 Å². The minimum atomic E-state index is -0.911. The quantitative estimate of drug-likeness (QED) is 0.876. The van der Waals surface area contributed by atoms with E-state index in [1.54, 1.807) is 0 Å². The summed E-state index contributed by atoms with van der Waals surface area (Å²) < 4.78 is 8.14. The molecule has 0 radical (unpaired) electrons. The van der Waals surface area contributed by atoms with E-state index in [9.17, 15) is 4.79 Å². The lowest BCUT2D eigenvalue weighted by Gasteiger charge is -2.31. The molecule has 2 aliphatic heterocycles. The highest BCUT2D eigenvalue weighted by Crippen LogP contribution is 2.30. The number of hydrogen-bond donors (Lipinski definition) is 1. The number of carboxylic acid groups (broad SMARTS) is 1. The molecule has 2 aliphatic rings. The lowest BCUT2D eigenvalue weighted by Crippen LogP contribution is -2.34. The first-order valence-electron chi connectivity index (χ1n) is 9.67. The lowest BCUT2D eigenvalue weighted by molar-refractivity contribution is 0.145. The summed E-state index contributed by atoms with van der Waals surface area (Å²) in [7, 11) is 0. The van der Waals surface area contributed by atoms with Crippen molar-refractivity contribution >= 4 is 23.2 Å². The van der Waals surface area contributed by atoms with E-state index in [0.717, 1.165) is 50.0 Å². The molecule has 2 saturated heterocycles. The molecule has 0 spiro atoms. The number of aromatic nitrogens is 4. The number of fused-ring (bicyclic) bond motifs is 1. The van der Waals surface area contributed by atoms with Crippen molar-refractivity contribution in [2.24, 2.45) is 5.92 Å². The summed E-state index contributed by atoms with van der Waals surface area (Å²) in [5.74, 6) is 2.11. The Kier molecular flexibility index (Phi) is 4.75. The number of carbonyl (C=O) groups is 1.